The number of carbonyl (C=O) groups is 2. The van der Waals surface area contributed by atoms with Crippen LogP contribution in [0.1, 0.15) is 44.0 Å². The van der Waals surface area contributed by atoms with Gasteiger partial charge in [0.2, 0.25) is 0 Å². The normalized spacial score (nSPS) is 11.2. The third-order valence-electron chi connectivity index (χ3n) is 4.48. The number of methoxy groups -OCH3 is 1. The zero-order valence-electron chi connectivity index (χ0n) is 16.9. The van der Waals surface area contributed by atoms with Crippen molar-refractivity contribution in [3.8, 4) is 11.5 Å². The maximum atomic E-state index is 12.8. The van der Waals surface area contributed by atoms with Crippen LogP contribution < -0.4 is 14.8 Å². The summed E-state index contributed by atoms with van der Waals surface area (Å²) in [6.07, 6.45) is 1.00. The van der Waals surface area contributed by atoms with E-state index in [4.69, 9.17) is 9.47 Å². The van der Waals surface area contributed by atoms with E-state index in [0.29, 0.717) is 29.9 Å². The molecule has 0 aliphatic heterocycles. The quantitative estimate of drug-likeness (QED) is 0.516. The zero-order valence-corrected chi connectivity index (χ0v) is 17.7. The molecular formula is C21H25NO6S. The van der Waals surface area contributed by atoms with Gasteiger partial charge in [0.15, 0.2) is 9.84 Å². The monoisotopic (exact) mass is 419 g/mol. The fourth-order valence-electron chi connectivity index (χ4n) is 2.92. The van der Waals surface area contributed by atoms with Crippen LogP contribution in [0.25, 0.3) is 0 Å². The predicted octanol–water partition coefficient (Wildman–Crippen LogP) is 3.84. The number of hydrogen-bond acceptors (Lipinski definition) is 6. The molecule has 156 valence electrons. The fraction of sp³-hybridized carbons (Fsp3) is 0.333. The van der Waals surface area contributed by atoms with Gasteiger partial charge in [0, 0.05) is 12.5 Å². The molecule has 0 radical (unpaired) electrons. The SMILES string of the molecule is CCC(CC)S(=O)(=O)c1ccc(OC)c(NC(=O)c2ccc(OC(C)=O)cc2)c1. The molecule has 0 unspecified atom stereocenters. The van der Waals surface area contributed by atoms with Crippen molar-refractivity contribution in [2.24, 2.45) is 0 Å². The van der Waals surface area contributed by atoms with Crippen LogP contribution in [0.15, 0.2) is 47.4 Å². The third kappa shape index (κ3) is 5.35. The first-order valence-corrected chi connectivity index (χ1v) is 10.8. The minimum atomic E-state index is -3.52. The van der Waals surface area contributed by atoms with E-state index in [1.54, 1.807) is 0 Å². The van der Waals surface area contributed by atoms with Crippen molar-refractivity contribution >= 4 is 27.4 Å². The van der Waals surface area contributed by atoms with Crippen LogP contribution in [0.5, 0.6) is 11.5 Å². The summed E-state index contributed by atoms with van der Waals surface area (Å²) < 4.78 is 35.9. The van der Waals surface area contributed by atoms with E-state index in [9.17, 15) is 18.0 Å². The van der Waals surface area contributed by atoms with E-state index in [1.807, 2.05) is 13.8 Å². The average molecular weight is 419 g/mol. The Labute approximate surface area is 170 Å². The molecule has 1 amide bonds. The number of rotatable bonds is 8. The van der Waals surface area contributed by atoms with Crippen LogP contribution in [0.4, 0.5) is 5.69 Å². The molecule has 7 nitrogen and oxygen atoms in total. The first-order valence-electron chi connectivity index (χ1n) is 9.24. The van der Waals surface area contributed by atoms with Gasteiger partial charge in [0.05, 0.1) is 22.9 Å². The maximum absolute atomic E-state index is 12.8. The Hall–Kier alpha value is -2.87. The molecule has 0 saturated carbocycles. The molecule has 0 atom stereocenters. The molecule has 0 bridgehead atoms. The topological polar surface area (TPSA) is 98.8 Å². The molecule has 0 heterocycles. The first-order chi connectivity index (χ1) is 13.7. The van der Waals surface area contributed by atoms with Gasteiger partial charge in [-0.05, 0) is 55.3 Å². The maximum Gasteiger partial charge on any atom is 0.308 e. The molecule has 2 aromatic carbocycles. The van der Waals surface area contributed by atoms with Gasteiger partial charge in [-0.2, -0.15) is 0 Å². The van der Waals surface area contributed by atoms with Crippen molar-refractivity contribution < 1.29 is 27.5 Å². The summed E-state index contributed by atoms with van der Waals surface area (Å²) in [5.74, 6) is -0.236. The molecule has 0 aromatic heterocycles. The summed E-state index contributed by atoms with van der Waals surface area (Å²) in [6, 6.07) is 10.4. The van der Waals surface area contributed by atoms with E-state index < -0.39 is 27.0 Å². The summed E-state index contributed by atoms with van der Waals surface area (Å²) >= 11 is 0. The van der Waals surface area contributed by atoms with Crippen LogP contribution in [0.3, 0.4) is 0 Å². The van der Waals surface area contributed by atoms with E-state index >= 15 is 0 Å². The largest absolute Gasteiger partial charge is 0.495 e. The molecule has 0 aliphatic carbocycles. The minimum Gasteiger partial charge on any atom is -0.495 e. The molecular weight excluding hydrogens is 394 g/mol. The number of hydrogen-bond donors (Lipinski definition) is 1. The molecule has 0 aliphatic rings. The van der Waals surface area contributed by atoms with Gasteiger partial charge in [-0.15, -0.1) is 0 Å². The number of sulfone groups is 1. The lowest BCUT2D eigenvalue weighted by Crippen LogP contribution is -2.20. The van der Waals surface area contributed by atoms with E-state index in [0.717, 1.165) is 0 Å². The molecule has 0 fully saturated rings. The number of esters is 1. The van der Waals surface area contributed by atoms with Gasteiger partial charge >= 0.3 is 5.97 Å². The van der Waals surface area contributed by atoms with Crippen LogP contribution in [0.2, 0.25) is 0 Å². The van der Waals surface area contributed by atoms with Gasteiger partial charge in [-0.3, -0.25) is 9.59 Å². The van der Waals surface area contributed by atoms with Crippen LogP contribution in [-0.2, 0) is 14.6 Å². The Kier molecular flexibility index (Phi) is 7.39. The Morgan fingerprint density at radius 2 is 1.66 bits per heavy atom. The number of nitrogens with one attached hydrogen (secondary N) is 1. The summed E-state index contributed by atoms with van der Waals surface area (Å²) in [7, 11) is -2.08. The highest BCUT2D eigenvalue weighted by Gasteiger charge is 2.25. The van der Waals surface area contributed by atoms with Gasteiger partial charge in [0.25, 0.3) is 5.91 Å². The number of benzene rings is 2. The highest BCUT2D eigenvalue weighted by molar-refractivity contribution is 7.92. The van der Waals surface area contributed by atoms with E-state index in [-0.39, 0.29) is 10.6 Å². The molecule has 2 aromatic rings. The van der Waals surface area contributed by atoms with Crippen molar-refractivity contribution in [1.29, 1.82) is 0 Å². The van der Waals surface area contributed by atoms with E-state index in [2.05, 4.69) is 5.32 Å². The lowest BCUT2D eigenvalue weighted by atomic mass is 10.2. The summed E-state index contributed by atoms with van der Waals surface area (Å²) in [4.78, 5) is 23.7. The molecule has 8 heteroatoms. The highest BCUT2D eigenvalue weighted by Crippen LogP contribution is 2.31. The van der Waals surface area contributed by atoms with Crippen molar-refractivity contribution in [2.45, 2.75) is 43.8 Å². The Morgan fingerprint density at radius 3 is 2.17 bits per heavy atom. The van der Waals surface area contributed by atoms with Crippen LogP contribution >= 0.6 is 0 Å². The lowest BCUT2D eigenvalue weighted by Gasteiger charge is -2.16. The Morgan fingerprint density at radius 1 is 1.03 bits per heavy atom. The van der Waals surface area contributed by atoms with E-state index in [1.165, 1.54) is 56.5 Å². The third-order valence-corrected chi connectivity index (χ3v) is 6.93. The minimum absolute atomic E-state index is 0.132. The molecule has 0 saturated heterocycles. The second-order valence-corrected chi connectivity index (χ2v) is 8.65. The molecule has 29 heavy (non-hydrogen) atoms. The molecule has 1 N–H and O–H groups in total. The standard InChI is InChI=1S/C21H25NO6S/c1-5-17(6-2)29(25,26)18-11-12-20(27-4)19(13-18)22-21(24)15-7-9-16(10-8-15)28-14(3)23/h7-13,17H,5-6H2,1-4H3,(H,22,24). The molecule has 2 rings (SSSR count). The fourth-order valence-corrected chi connectivity index (χ4v) is 4.72. The predicted molar refractivity (Wildman–Crippen MR) is 110 cm³/mol. The Balaban J connectivity index is 2.31. The summed E-state index contributed by atoms with van der Waals surface area (Å²) in [5, 5.41) is 2.20. The van der Waals surface area contributed by atoms with Crippen molar-refractivity contribution in [3.05, 3.63) is 48.0 Å². The smallest absolute Gasteiger partial charge is 0.308 e. The average Bonchev–Trinajstić information content (AvgIpc) is 2.68. The summed E-state index contributed by atoms with van der Waals surface area (Å²) in [6.45, 7) is 4.95. The van der Waals surface area contributed by atoms with Gasteiger partial charge < -0.3 is 14.8 Å². The van der Waals surface area contributed by atoms with Crippen LogP contribution in [-0.4, -0.2) is 32.7 Å². The first kappa shape index (κ1) is 22.4. The molecule has 0 spiro atoms. The zero-order chi connectivity index (χ0) is 21.6. The number of ether oxygens (including phenoxy) is 2. The number of anilines is 1. The van der Waals surface area contributed by atoms with Crippen molar-refractivity contribution in [3.63, 3.8) is 0 Å². The second-order valence-electron chi connectivity index (χ2n) is 6.42. The second kappa shape index (κ2) is 9.56. The van der Waals surface area contributed by atoms with Crippen molar-refractivity contribution in [1.82, 2.24) is 0 Å². The Bertz CT molecular complexity index is 979. The van der Waals surface area contributed by atoms with Crippen LogP contribution in [0, 0.1) is 0 Å². The number of carbonyl (C=O) groups excluding carboxylic acids is 2. The number of amides is 1. The highest BCUT2D eigenvalue weighted by atomic mass is 32.2. The lowest BCUT2D eigenvalue weighted by molar-refractivity contribution is -0.131. The van der Waals surface area contributed by atoms with Gasteiger partial charge in [-0.25, -0.2) is 8.42 Å². The summed E-state index contributed by atoms with van der Waals surface area (Å²) in [5.41, 5.74) is 0.574. The van der Waals surface area contributed by atoms with Gasteiger partial charge in [0.1, 0.15) is 11.5 Å². The van der Waals surface area contributed by atoms with Gasteiger partial charge in [-0.1, -0.05) is 13.8 Å². The van der Waals surface area contributed by atoms with Crippen molar-refractivity contribution in [2.75, 3.05) is 12.4 Å².